The number of ether oxygens (including phenoxy) is 9. The van der Waals surface area contributed by atoms with E-state index < -0.39 is 83.5 Å². The minimum absolute atomic E-state index is 0.0191. The van der Waals surface area contributed by atoms with Crippen LogP contribution in [-0.4, -0.2) is 145 Å². The quantitative estimate of drug-likeness (QED) is 0.165. The predicted octanol–water partition coefficient (Wildman–Crippen LogP) is 5.80. The summed E-state index contributed by atoms with van der Waals surface area (Å²) in [4.78, 5) is 60.6. The van der Waals surface area contributed by atoms with Crippen molar-refractivity contribution in [2.45, 2.75) is 198 Å². The maximum absolute atomic E-state index is 13.2. The molecule has 10 fully saturated rings. The van der Waals surface area contributed by atoms with E-state index in [9.17, 15) is 39.3 Å². The molecule has 17 nitrogen and oxygen atoms in total. The second-order valence-corrected chi connectivity index (χ2v) is 21.2. The summed E-state index contributed by atoms with van der Waals surface area (Å²) >= 11 is 0. The van der Waals surface area contributed by atoms with Gasteiger partial charge < -0.3 is 58.0 Å². The molecule has 24 unspecified atom stereocenters. The van der Waals surface area contributed by atoms with Gasteiger partial charge in [0.05, 0.1) is 117 Å². The number of fused-ring (bicyclic) bond motifs is 15. The lowest BCUT2D eigenvalue weighted by molar-refractivity contribution is -0.173. The SMILES string of the molecule is CCC1OC(CC)C2C3OC(C(C(=O)O)C3C(=O)OC)C12.CCC1OC(CC)C2C3OC(C(C(=O)O)C3C(=O)OC3(CC)CCCC3)C12.CCC1OC(CC)C2C3OC(C(COC)C3C(=O)O)C12. The number of methoxy groups -OCH3 is 2. The van der Waals surface area contributed by atoms with E-state index in [-0.39, 0.29) is 90.3 Å². The highest BCUT2D eigenvalue weighted by Gasteiger charge is 2.72. The number of carbonyl (C=O) groups excluding carboxylic acids is 2. The van der Waals surface area contributed by atoms with Gasteiger partial charge in [-0.15, -0.1) is 0 Å². The summed E-state index contributed by atoms with van der Waals surface area (Å²) in [6.45, 7) is 15.0. The largest absolute Gasteiger partial charge is 0.481 e. The summed E-state index contributed by atoms with van der Waals surface area (Å²) in [6.07, 6.45) is 8.45. The molecule has 0 aromatic rings. The van der Waals surface area contributed by atoms with Crippen LogP contribution < -0.4 is 0 Å². The third kappa shape index (κ3) is 8.30. The van der Waals surface area contributed by atoms with Crippen molar-refractivity contribution in [2.24, 2.45) is 71.0 Å². The Hall–Kier alpha value is -2.93. The lowest BCUT2D eigenvalue weighted by Crippen LogP contribution is -2.50. The van der Waals surface area contributed by atoms with Crippen molar-refractivity contribution in [3.05, 3.63) is 0 Å². The molecular formula is C51H78O17. The number of esters is 2. The Morgan fingerprint density at radius 1 is 0.456 bits per heavy atom. The molecule has 1 aliphatic carbocycles. The van der Waals surface area contributed by atoms with E-state index >= 15 is 0 Å². The maximum atomic E-state index is 13.2. The number of rotatable bonds is 15. The van der Waals surface area contributed by atoms with Gasteiger partial charge in [0.2, 0.25) is 0 Å². The van der Waals surface area contributed by atoms with Crippen LogP contribution in [0.4, 0.5) is 0 Å². The Labute approximate surface area is 400 Å². The summed E-state index contributed by atoms with van der Waals surface area (Å²) in [5, 5.41) is 29.0. The van der Waals surface area contributed by atoms with Crippen LogP contribution in [0.15, 0.2) is 0 Å². The Bertz CT molecular complexity index is 1840. The maximum Gasteiger partial charge on any atom is 0.313 e. The van der Waals surface area contributed by atoms with Crippen LogP contribution in [0, 0.1) is 71.0 Å². The first-order valence-corrected chi connectivity index (χ1v) is 26.0. The molecule has 0 aromatic heterocycles. The van der Waals surface area contributed by atoms with Crippen LogP contribution in [0.1, 0.15) is 119 Å². The predicted molar refractivity (Wildman–Crippen MR) is 240 cm³/mol. The van der Waals surface area contributed by atoms with Crippen LogP contribution in [0.25, 0.3) is 0 Å². The first-order valence-electron chi connectivity index (χ1n) is 26.0. The topological polar surface area (TPSA) is 229 Å². The summed E-state index contributed by atoms with van der Waals surface area (Å²) < 4.78 is 52.7. The van der Waals surface area contributed by atoms with Gasteiger partial charge in [0.25, 0.3) is 0 Å². The molecule has 10 aliphatic rings. The van der Waals surface area contributed by atoms with Gasteiger partial charge in [0, 0.05) is 48.5 Å². The first-order chi connectivity index (χ1) is 32.6. The third-order valence-electron chi connectivity index (χ3n) is 18.5. The van der Waals surface area contributed by atoms with E-state index in [1.807, 2.05) is 20.8 Å². The van der Waals surface area contributed by atoms with Crippen molar-refractivity contribution in [2.75, 3.05) is 20.8 Å². The van der Waals surface area contributed by atoms with E-state index in [1.165, 1.54) is 7.11 Å². The molecule has 6 bridgehead atoms. The molecule has 24 atom stereocenters. The fraction of sp³-hybridized carbons (Fsp3) is 0.902. The van der Waals surface area contributed by atoms with E-state index in [0.29, 0.717) is 12.5 Å². The van der Waals surface area contributed by atoms with Crippen LogP contribution in [0.3, 0.4) is 0 Å². The molecule has 9 saturated heterocycles. The average molecular weight is 963 g/mol. The Balaban J connectivity index is 0.000000140. The fourth-order valence-electron chi connectivity index (χ4n) is 15.7. The molecule has 1 saturated carbocycles. The normalized spacial score (nSPS) is 46.8. The highest BCUT2D eigenvalue weighted by Crippen LogP contribution is 2.60. The highest BCUT2D eigenvalue weighted by molar-refractivity contribution is 5.84. The Kier molecular flexibility index (Phi) is 15.6. The first kappa shape index (κ1) is 51.4. The van der Waals surface area contributed by atoms with Crippen molar-refractivity contribution in [3.8, 4) is 0 Å². The highest BCUT2D eigenvalue weighted by atomic mass is 16.6. The number of hydrogen-bond donors (Lipinski definition) is 3. The molecule has 0 amide bonds. The zero-order valence-corrected chi connectivity index (χ0v) is 41.4. The number of carbonyl (C=O) groups is 5. The molecule has 17 heteroatoms. The van der Waals surface area contributed by atoms with Crippen molar-refractivity contribution in [1.29, 1.82) is 0 Å². The summed E-state index contributed by atoms with van der Waals surface area (Å²) in [7, 11) is 2.92. The van der Waals surface area contributed by atoms with Gasteiger partial charge >= 0.3 is 29.8 Å². The summed E-state index contributed by atoms with van der Waals surface area (Å²) in [5.74, 6) is -6.19. The zero-order chi connectivity index (χ0) is 49.1. The van der Waals surface area contributed by atoms with Gasteiger partial charge in [-0.1, -0.05) is 48.5 Å². The van der Waals surface area contributed by atoms with Crippen LogP contribution in [0.5, 0.6) is 0 Å². The molecule has 0 aromatic carbocycles. The van der Waals surface area contributed by atoms with Crippen molar-refractivity contribution >= 4 is 29.8 Å². The monoisotopic (exact) mass is 963 g/mol. The second-order valence-electron chi connectivity index (χ2n) is 21.2. The van der Waals surface area contributed by atoms with E-state index in [4.69, 9.17) is 42.6 Å². The Morgan fingerprint density at radius 2 is 0.779 bits per heavy atom. The molecule has 10 rings (SSSR count). The molecule has 68 heavy (non-hydrogen) atoms. The minimum Gasteiger partial charge on any atom is -0.481 e. The zero-order valence-electron chi connectivity index (χ0n) is 41.4. The average Bonchev–Trinajstić information content (AvgIpc) is 4.19. The van der Waals surface area contributed by atoms with Gasteiger partial charge in [0.1, 0.15) is 5.60 Å². The molecular weight excluding hydrogens is 885 g/mol. The van der Waals surface area contributed by atoms with Crippen LogP contribution >= 0.6 is 0 Å². The number of hydrogen-bond acceptors (Lipinski definition) is 14. The van der Waals surface area contributed by atoms with Gasteiger partial charge in [-0.2, -0.15) is 0 Å². The van der Waals surface area contributed by atoms with E-state index in [2.05, 4.69) is 27.7 Å². The molecule has 3 N–H and O–H groups in total. The molecule has 9 aliphatic heterocycles. The summed E-state index contributed by atoms with van der Waals surface area (Å²) in [5.41, 5.74) is -0.413. The number of aliphatic carboxylic acids is 3. The molecule has 9 heterocycles. The van der Waals surface area contributed by atoms with E-state index in [1.54, 1.807) is 7.11 Å². The lowest BCUT2D eigenvalue weighted by Gasteiger charge is -2.36. The smallest absolute Gasteiger partial charge is 0.313 e. The second kappa shape index (κ2) is 20.7. The van der Waals surface area contributed by atoms with Crippen molar-refractivity contribution in [1.82, 2.24) is 0 Å². The number of carboxylic acids is 3. The van der Waals surface area contributed by atoms with Gasteiger partial charge in [-0.3, -0.25) is 24.0 Å². The van der Waals surface area contributed by atoms with Gasteiger partial charge in [-0.25, -0.2) is 0 Å². The fourth-order valence-corrected chi connectivity index (χ4v) is 15.7. The van der Waals surface area contributed by atoms with Crippen LogP contribution in [0.2, 0.25) is 0 Å². The van der Waals surface area contributed by atoms with Gasteiger partial charge in [-0.05, 0) is 70.6 Å². The Morgan fingerprint density at radius 3 is 1.10 bits per heavy atom. The third-order valence-corrected chi connectivity index (χ3v) is 18.5. The molecule has 384 valence electrons. The van der Waals surface area contributed by atoms with Crippen molar-refractivity contribution in [3.63, 3.8) is 0 Å². The molecule has 0 radical (unpaired) electrons. The minimum atomic E-state index is -0.980. The van der Waals surface area contributed by atoms with Crippen LogP contribution in [-0.2, 0) is 66.6 Å². The number of carboxylic acid groups (broad SMARTS) is 3. The standard InChI is InChI=1S/C21H32O6.C15H22O6.C15H24O5/c1-4-11-13-14(12(5-2)25-11)18-16(15(19(22)23)17(13)26-18)20(24)27-21(6-3)9-7-8-10-21;1-4-6-8-9(7(5-2)20-6)13-11(15(18)19-3)10(14(16)17)12(8)21-13;1-4-8-11-12(9(5-2)19-8)14-10(15(16)17)7(6-18-3)13(11)20-14/h11-18H,4-10H2,1-3H3,(H,22,23);6-13H,4-5H2,1-3H3,(H,16,17);7-14H,4-6H2,1-3H3,(H,16,17). The summed E-state index contributed by atoms with van der Waals surface area (Å²) in [6, 6.07) is 0. The lowest BCUT2D eigenvalue weighted by atomic mass is 9.65. The molecule has 0 spiro atoms. The van der Waals surface area contributed by atoms with Crippen molar-refractivity contribution < 1.29 is 81.9 Å². The van der Waals surface area contributed by atoms with Gasteiger partial charge in [0.15, 0.2) is 0 Å². The van der Waals surface area contributed by atoms with E-state index in [0.717, 1.165) is 70.6 Å².